The van der Waals surface area contributed by atoms with Crippen LogP contribution in [0.3, 0.4) is 0 Å². The Morgan fingerprint density at radius 3 is 2.80 bits per heavy atom. The minimum atomic E-state index is 0.129. The summed E-state index contributed by atoms with van der Waals surface area (Å²) in [5.41, 5.74) is 0.934. The van der Waals surface area contributed by atoms with Crippen molar-refractivity contribution in [2.45, 2.75) is 51.1 Å². The van der Waals surface area contributed by atoms with E-state index in [4.69, 9.17) is 0 Å². The maximum absolute atomic E-state index is 10.1. The molecule has 0 bridgehead atoms. The number of hydrogen-bond donors (Lipinski definition) is 3. The Morgan fingerprint density at radius 2 is 2.10 bits per heavy atom. The molecule has 3 N–H and O–H groups in total. The highest BCUT2D eigenvalue weighted by Crippen LogP contribution is 2.32. The zero-order chi connectivity index (χ0) is 14.5. The van der Waals surface area contributed by atoms with E-state index in [1.807, 2.05) is 12.1 Å². The lowest BCUT2D eigenvalue weighted by Crippen LogP contribution is -2.42. The summed E-state index contributed by atoms with van der Waals surface area (Å²) in [6.07, 6.45) is 5.54. The van der Waals surface area contributed by atoms with E-state index >= 15 is 0 Å². The van der Waals surface area contributed by atoms with Gasteiger partial charge in [-0.05, 0) is 43.4 Å². The third-order valence-corrected chi connectivity index (χ3v) is 4.83. The van der Waals surface area contributed by atoms with E-state index in [0.29, 0.717) is 17.7 Å². The van der Waals surface area contributed by atoms with Gasteiger partial charge in [0.2, 0.25) is 0 Å². The Balaban J connectivity index is 2.13. The zero-order valence-corrected chi connectivity index (χ0v) is 13.6. The van der Waals surface area contributed by atoms with Gasteiger partial charge < -0.3 is 15.5 Å². The van der Waals surface area contributed by atoms with Crippen molar-refractivity contribution in [3.63, 3.8) is 0 Å². The Bertz CT molecular complexity index is 438. The molecule has 1 aromatic carbocycles. The first kappa shape index (κ1) is 15.8. The molecule has 0 spiro atoms. The Morgan fingerprint density at radius 1 is 1.35 bits per heavy atom. The monoisotopic (exact) mass is 341 g/mol. The van der Waals surface area contributed by atoms with Crippen molar-refractivity contribution in [1.82, 2.24) is 5.32 Å². The quantitative estimate of drug-likeness (QED) is 0.764. The van der Waals surface area contributed by atoms with Crippen LogP contribution in [-0.4, -0.2) is 22.9 Å². The number of aliphatic hydroxyl groups excluding tert-OH is 1. The number of aromatic hydroxyl groups is 1. The number of aliphatic hydroxyl groups is 1. The fourth-order valence-corrected chi connectivity index (χ4v) is 3.51. The second-order valence-corrected chi connectivity index (χ2v) is 6.58. The van der Waals surface area contributed by atoms with Crippen LogP contribution in [0.1, 0.15) is 50.6 Å². The molecule has 3 atom stereocenters. The molecule has 3 nitrogen and oxygen atoms in total. The van der Waals surface area contributed by atoms with E-state index in [9.17, 15) is 10.2 Å². The van der Waals surface area contributed by atoms with Crippen molar-refractivity contribution in [3.05, 3.63) is 28.2 Å². The molecule has 0 aromatic heterocycles. The van der Waals surface area contributed by atoms with Gasteiger partial charge in [0.05, 0.1) is 0 Å². The summed E-state index contributed by atoms with van der Waals surface area (Å²) in [5.74, 6) is 0.677. The molecule has 1 aliphatic carbocycles. The summed E-state index contributed by atoms with van der Waals surface area (Å²) in [4.78, 5) is 0. The molecule has 2 rings (SSSR count). The molecular formula is C16H24BrNO2. The van der Waals surface area contributed by atoms with E-state index in [0.717, 1.165) is 29.3 Å². The second kappa shape index (κ2) is 7.43. The van der Waals surface area contributed by atoms with E-state index < -0.39 is 0 Å². The predicted molar refractivity (Wildman–Crippen MR) is 84.8 cm³/mol. The maximum atomic E-state index is 10.1. The van der Waals surface area contributed by atoms with Gasteiger partial charge in [-0.3, -0.25) is 0 Å². The molecule has 3 unspecified atom stereocenters. The molecule has 1 aromatic rings. The third-order valence-electron chi connectivity index (χ3n) is 4.33. The Kier molecular flexibility index (Phi) is 5.87. The molecule has 0 saturated heterocycles. The lowest BCUT2D eigenvalue weighted by Gasteiger charge is -2.34. The molecule has 0 aliphatic heterocycles. The van der Waals surface area contributed by atoms with E-state index in [1.54, 1.807) is 6.07 Å². The van der Waals surface area contributed by atoms with Crippen molar-refractivity contribution < 1.29 is 10.2 Å². The number of hydrogen-bond acceptors (Lipinski definition) is 3. The summed E-state index contributed by atoms with van der Waals surface area (Å²) in [7, 11) is 0. The van der Waals surface area contributed by atoms with Crippen LogP contribution in [0.25, 0.3) is 0 Å². The lowest BCUT2D eigenvalue weighted by molar-refractivity contribution is 0.145. The predicted octanol–water partition coefficient (Wildman–Crippen LogP) is 3.75. The van der Waals surface area contributed by atoms with Crippen LogP contribution in [0.5, 0.6) is 5.75 Å². The molecular weight excluding hydrogens is 318 g/mol. The summed E-state index contributed by atoms with van der Waals surface area (Å²) >= 11 is 3.47. The van der Waals surface area contributed by atoms with Crippen molar-refractivity contribution in [1.29, 1.82) is 0 Å². The highest BCUT2D eigenvalue weighted by Gasteiger charge is 2.27. The topological polar surface area (TPSA) is 52.5 Å². The molecule has 20 heavy (non-hydrogen) atoms. The van der Waals surface area contributed by atoms with Crippen LogP contribution in [0, 0.1) is 5.92 Å². The smallest absolute Gasteiger partial charge is 0.120 e. The SMILES string of the molecule is CCC(NC1CCCCC1CO)c1cc(Br)ccc1O. The van der Waals surface area contributed by atoms with E-state index in [1.165, 1.54) is 12.8 Å². The van der Waals surface area contributed by atoms with Crippen molar-refractivity contribution in [2.24, 2.45) is 5.92 Å². The minimum absolute atomic E-state index is 0.129. The fraction of sp³-hybridized carbons (Fsp3) is 0.625. The van der Waals surface area contributed by atoms with Gasteiger partial charge in [-0.25, -0.2) is 0 Å². The molecule has 0 heterocycles. The number of phenolic OH excluding ortho intramolecular Hbond substituents is 1. The summed E-state index contributed by atoms with van der Waals surface area (Å²) in [6, 6.07) is 6.03. The van der Waals surface area contributed by atoms with Gasteiger partial charge in [0.15, 0.2) is 0 Å². The second-order valence-electron chi connectivity index (χ2n) is 5.66. The summed E-state index contributed by atoms with van der Waals surface area (Å²) in [6.45, 7) is 2.37. The Labute approximate surface area is 129 Å². The number of phenols is 1. The largest absolute Gasteiger partial charge is 0.508 e. The van der Waals surface area contributed by atoms with Gasteiger partial charge in [-0.15, -0.1) is 0 Å². The van der Waals surface area contributed by atoms with Crippen LogP contribution >= 0.6 is 15.9 Å². The first-order chi connectivity index (χ1) is 9.65. The standard InChI is InChI=1S/C16H24BrNO2/c1-2-14(13-9-12(17)7-8-16(13)20)18-15-6-4-3-5-11(15)10-19/h7-9,11,14-15,18-20H,2-6,10H2,1H3. The van der Waals surface area contributed by atoms with Gasteiger partial charge in [0.25, 0.3) is 0 Å². The summed E-state index contributed by atoms with van der Waals surface area (Å²) < 4.78 is 0.980. The van der Waals surface area contributed by atoms with Crippen LogP contribution in [0.4, 0.5) is 0 Å². The van der Waals surface area contributed by atoms with Crippen LogP contribution < -0.4 is 5.32 Å². The first-order valence-electron chi connectivity index (χ1n) is 7.51. The highest BCUT2D eigenvalue weighted by molar-refractivity contribution is 9.10. The van der Waals surface area contributed by atoms with E-state index in [2.05, 4.69) is 28.2 Å². The first-order valence-corrected chi connectivity index (χ1v) is 8.30. The molecule has 1 fully saturated rings. The number of rotatable bonds is 5. The fourth-order valence-electron chi connectivity index (χ4n) is 3.14. The molecule has 1 aliphatic rings. The van der Waals surface area contributed by atoms with Gasteiger partial charge in [0.1, 0.15) is 5.75 Å². The van der Waals surface area contributed by atoms with E-state index in [-0.39, 0.29) is 12.6 Å². The number of halogens is 1. The van der Waals surface area contributed by atoms with Crippen LogP contribution in [-0.2, 0) is 0 Å². The molecule has 1 saturated carbocycles. The lowest BCUT2D eigenvalue weighted by atomic mass is 9.84. The highest BCUT2D eigenvalue weighted by atomic mass is 79.9. The average molecular weight is 342 g/mol. The Hall–Kier alpha value is -0.580. The van der Waals surface area contributed by atoms with Crippen LogP contribution in [0.2, 0.25) is 0 Å². The third kappa shape index (κ3) is 3.74. The zero-order valence-electron chi connectivity index (χ0n) is 12.0. The van der Waals surface area contributed by atoms with Crippen molar-refractivity contribution >= 4 is 15.9 Å². The van der Waals surface area contributed by atoms with Gasteiger partial charge >= 0.3 is 0 Å². The van der Waals surface area contributed by atoms with Gasteiger partial charge in [-0.2, -0.15) is 0 Å². The normalized spacial score (nSPS) is 24.6. The van der Waals surface area contributed by atoms with Gasteiger partial charge in [0, 0.05) is 28.7 Å². The molecule has 112 valence electrons. The van der Waals surface area contributed by atoms with Gasteiger partial charge in [-0.1, -0.05) is 35.7 Å². The van der Waals surface area contributed by atoms with Crippen molar-refractivity contribution in [2.75, 3.05) is 6.61 Å². The van der Waals surface area contributed by atoms with Crippen molar-refractivity contribution in [3.8, 4) is 5.75 Å². The summed E-state index contributed by atoms with van der Waals surface area (Å²) in [5, 5.41) is 23.2. The number of nitrogens with one attached hydrogen (secondary N) is 1. The minimum Gasteiger partial charge on any atom is -0.508 e. The molecule has 0 radical (unpaired) electrons. The molecule has 4 heteroatoms. The molecule has 0 amide bonds. The number of benzene rings is 1. The average Bonchev–Trinajstić information content (AvgIpc) is 2.48. The maximum Gasteiger partial charge on any atom is 0.120 e. The van der Waals surface area contributed by atoms with Crippen LogP contribution in [0.15, 0.2) is 22.7 Å².